The maximum absolute atomic E-state index is 13.2. The maximum atomic E-state index is 13.2. The van der Waals surface area contributed by atoms with Crippen molar-refractivity contribution in [3.05, 3.63) is 34.4 Å². The van der Waals surface area contributed by atoms with Crippen LogP contribution < -0.4 is 5.32 Å². The van der Waals surface area contributed by atoms with Crippen LogP contribution in [0.25, 0.3) is 11.4 Å². The van der Waals surface area contributed by atoms with Crippen molar-refractivity contribution < 1.29 is 8.91 Å². The monoisotopic (exact) mass is 351 g/mol. The SMILES string of the molecule is Fc1ccc(-c2noc(C3NCC4CCCC43)n2)c(Br)c1. The van der Waals surface area contributed by atoms with E-state index in [1.54, 1.807) is 6.07 Å². The van der Waals surface area contributed by atoms with Crippen LogP contribution in [0.5, 0.6) is 0 Å². The summed E-state index contributed by atoms with van der Waals surface area (Å²) in [7, 11) is 0. The summed E-state index contributed by atoms with van der Waals surface area (Å²) >= 11 is 3.34. The highest BCUT2D eigenvalue weighted by Crippen LogP contribution is 2.44. The van der Waals surface area contributed by atoms with Gasteiger partial charge in [-0.3, -0.25) is 0 Å². The molecular formula is C15H15BrFN3O. The molecule has 1 aliphatic carbocycles. The van der Waals surface area contributed by atoms with E-state index >= 15 is 0 Å². The van der Waals surface area contributed by atoms with E-state index in [2.05, 4.69) is 31.4 Å². The lowest BCUT2D eigenvalue weighted by molar-refractivity contribution is 0.302. The molecule has 4 rings (SSSR count). The van der Waals surface area contributed by atoms with Crippen LogP contribution in [-0.4, -0.2) is 16.7 Å². The van der Waals surface area contributed by atoms with Gasteiger partial charge in [-0.1, -0.05) is 11.6 Å². The molecule has 0 spiro atoms. The van der Waals surface area contributed by atoms with Gasteiger partial charge in [0.2, 0.25) is 11.7 Å². The van der Waals surface area contributed by atoms with Gasteiger partial charge in [-0.05, 0) is 65.4 Å². The van der Waals surface area contributed by atoms with Crippen LogP contribution in [-0.2, 0) is 0 Å². The second kappa shape index (κ2) is 5.18. The lowest BCUT2D eigenvalue weighted by Crippen LogP contribution is -2.18. The first kappa shape index (κ1) is 13.4. The highest BCUT2D eigenvalue weighted by atomic mass is 79.9. The van der Waals surface area contributed by atoms with Gasteiger partial charge in [-0.2, -0.15) is 4.98 Å². The summed E-state index contributed by atoms with van der Waals surface area (Å²) in [6.45, 7) is 1.04. The van der Waals surface area contributed by atoms with Crippen LogP contribution in [0.4, 0.5) is 4.39 Å². The van der Waals surface area contributed by atoms with Gasteiger partial charge in [0.1, 0.15) is 5.82 Å². The molecule has 1 aromatic carbocycles. The van der Waals surface area contributed by atoms with Gasteiger partial charge < -0.3 is 9.84 Å². The summed E-state index contributed by atoms with van der Waals surface area (Å²) in [4.78, 5) is 4.52. The summed E-state index contributed by atoms with van der Waals surface area (Å²) in [6.07, 6.45) is 3.80. The molecule has 0 bridgehead atoms. The molecule has 4 nitrogen and oxygen atoms in total. The summed E-state index contributed by atoms with van der Waals surface area (Å²) in [6, 6.07) is 4.63. The van der Waals surface area contributed by atoms with Crippen molar-refractivity contribution in [1.82, 2.24) is 15.5 Å². The molecule has 2 fully saturated rings. The molecule has 110 valence electrons. The van der Waals surface area contributed by atoms with Gasteiger partial charge in [-0.15, -0.1) is 0 Å². The maximum Gasteiger partial charge on any atom is 0.244 e. The first-order chi connectivity index (χ1) is 10.2. The molecular weight excluding hydrogens is 337 g/mol. The highest BCUT2D eigenvalue weighted by molar-refractivity contribution is 9.10. The van der Waals surface area contributed by atoms with Crippen molar-refractivity contribution in [3.63, 3.8) is 0 Å². The number of hydrogen-bond donors (Lipinski definition) is 1. The van der Waals surface area contributed by atoms with Gasteiger partial charge in [0.15, 0.2) is 0 Å². The number of nitrogens with one attached hydrogen (secondary N) is 1. The summed E-state index contributed by atoms with van der Waals surface area (Å²) in [5.41, 5.74) is 0.743. The second-order valence-corrected chi connectivity index (χ2v) is 6.68. The van der Waals surface area contributed by atoms with Crippen LogP contribution >= 0.6 is 15.9 Å². The molecule has 6 heteroatoms. The Hall–Kier alpha value is -1.27. The molecule has 0 amide bonds. The van der Waals surface area contributed by atoms with Gasteiger partial charge in [0.05, 0.1) is 6.04 Å². The number of benzene rings is 1. The quantitative estimate of drug-likeness (QED) is 0.896. The van der Waals surface area contributed by atoms with E-state index in [-0.39, 0.29) is 11.9 Å². The fraction of sp³-hybridized carbons (Fsp3) is 0.467. The minimum atomic E-state index is -0.291. The van der Waals surface area contributed by atoms with Crippen LogP contribution in [0.1, 0.15) is 31.2 Å². The number of aromatic nitrogens is 2. The molecule has 0 radical (unpaired) electrons. The molecule has 1 saturated carbocycles. The fourth-order valence-corrected chi connectivity index (χ4v) is 4.13. The third-order valence-electron chi connectivity index (χ3n) is 4.63. The van der Waals surface area contributed by atoms with Crippen molar-refractivity contribution in [1.29, 1.82) is 0 Å². The van der Waals surface area contributed by atoms with E-state index in [4.69, 9.17) is 4.52 Å². The summed E-state index contributed by atoms with van der Waals surface area (Å²) < 4.78 is 19.2. The van der Waals surface area contributed by atoms with Gasteiger partial charge >= 0.3 is 0 Å². The first-order valence-corrected chi connectivity index (χ1v) is 8.04. The Kier molecular flexibility index (Phi) is 3.30. The minimum Gasteiger partial charge on any atom is -0.337 e. The predicted octanol–water partition coefficient (Wildman–Crippen LogP) is 3.70. The Morgan fingerprint density at radius 1 is 1.33 bits per heavy atom. The molecule has 1 aromatic heterocycles. The number of fused-ring (bicyclic) bond motifs is 1. The molecule has 2 aromatic rings. The number of hydrogen-bond acceptors (Lipinski definition) is 4. The van der Waals surface area contributed by atoms with Gasteiger partial charge in [0, 0.05) is 10.0 Å². The van der Waals surface area contributed by atoms with Gasteiger partial charge in [-0.25, -0.2) is 4.39 Å². The largest absolute Gasteiger partial charge is 0.337 e. The van der Waals surface area contributed by atoms with Crippen molar-refractivity contribution in [3.8, 4) is 11.4 Å². The second-order valence-electron chi connectivity index (χ2n) is 5.82. The molecule has 2 aliphatic rings. The summed E-state index contributed by atoms with van der Waals surface area (Å²) in [5.74, 6) is 2.20. The molecule has 3 atom stereocenters. The molecule has 1 aliphatic heterocycles. The zero-order valence-electron chi connectivity index (χ0n) is 11.4. The van der Waals surface area contributed by atoms with E-state index in [0.29, 0.717) is 22.1 Å². The van der Waals surface area contributed by atoms with Crippen molar-refractivity contribution in [2.45, 2.75) is 25.3 Å². The van der Waals surface area contributed by atoms with Crippen molar-refractivity contribution in [2.24, 2.45) is 11.8 Å². The summed E-state index contributed by atoms with van der Waals surface area (Å²) in [5, 5.41) is 7.55. The Labute approximate surface area is 130 Å². The first-order valence-electron chi connectivity index (χ1n) is 7.25. The van der Waals surface area contributed by atoms with Crippen molar-refractivity contribution >= 4 is 15.9 Å². The van der Waals surface area contributed by atoms with E-state index in [1.165, 1.54) is 31.4 Å². The van der Waals surface area contributed by atoms with E-state index in [0.717, 1.165) is 18.0 Å². The molecule has 1 saturated heterocycles. The average Bonchev–Trinajstić information content (AvgIpc) is 3.13. The molecule has 3 unspecified atom stereocenters. The van der Waals surface area contributed by atoms with Gasteiger partial charge in [0.25, 0.3) is 0 Å². The van der Waals surface area contributed by atoms with E-state index < -0.39 is 0 Å². The van der Waals surface area contributed by atoms with E-state index in [9.17, 15) is 4.39 Å². The predicted molar refractivity (Wildman–Crippen MR) is 79.0 cm³/mol. The Morgan fingerprint density at radius 2 is 2.24 bits per heavy atom. The minimum absolute atomic E-state index is 0.165. The van der Waals surface area contributed by atoms with E-state index in [1.807, 2.05) is 0 Å². The number of nitrogens with zero attached hydrogens (tertiary/aromatic N) is 2. The fourth-order valence-electron chi connectivity index (χ4n) is 3.60. The third-order valence-corrected chi connectivity index (χ3v) is 5.28. The molecule has 2 heterocycles. The normalized spacial score (nSPS) is 28.0. The lowest BCUT2D eigenvalue weighted by Gasteiger charge is -2.13. The number of rotatable bonds is 2. The molecule has 1 N–H and O–H groups in total. The van der Waals surface area contributed by atoms with Crippen LogP contribution in [0.15, 0.2) is 27.2 Å². The zero-order valence-corrected chi connectivity index (χ0v) is 12.9. The average molecular weight is 352 g/mol. The third kappa shape index (κ3) is 2.30. The van der Waals surface area contributed by atoms with Crippen molar-refractivity contribution in [2.75, 3.05) is 6.54 Å². The lowest BCUT2D eigenvalue weighted by atomic mass is 9.94. The van der Waals surface area contributed by atoms with Crippen LogP contribution in [0, 0.1) is 17.7 Å². The smallest absolute Gasteiger partial charge is 0.244 e. The standard InChI is InChI=1S/C15H15BrFN3O/c16-12-6-9(17)4-5-11(12)14-19-15(21-20-14)13-10-3-1-2-8(10)7-18-13/h4-6,8,10,13,18H,1-3,7H2. The van der Waals surface area contributed by atoms with Crippen LogP contribution in [0.2, 0.25) is 0 Å². The zero-order chi connectivity index (χ0) is 14.4. The Bertz CT molecular complexity index is 675. The molecule has 21 heavy (non-hydrogen) atoms. The Balaban J connectivity index is 1.64. The topological polar surface area (TPSA) is 51.0 Å². The Morgan fingerprint density at radius 3 is 3.10 bits per heavy atom. The number of halogens is 2. The highest BCUT2D eigenvalue weighted by Gasteiger charge is 2.42. The van der Waals surface area contributed by atoms with Crippen LogP contribution in [0.3, 0.4) is 0 Å².